The molecule has 0 spiro atoms. The Kier molecular flexibility index (Phi) is 3.76. The lowest BCUT2D eigenvalue weighted by Gasteiger charge is -2.30. The largest absolute Gasteiger partial charge is 0.382 e. The Morgan fingerprint density at radius 2 is 1.96 bits per heavy atom. The molecule has 122 valence electrons. The molecule has 2 aromatic carbocycles. The van der Waals surface area contributed by atoms with Gasteiger partial charge in [-0.3, -0.25) is 4.79 Å². The third kappa shape index (κ3) is 2.56. The van der Waals surface area contributed by atoms with E-state index in [1.54, 1.807) is 23.1 Å². The minimum absolute atomic E-state index is 0.114. The highest BCUT2D eigenvalue weighted by atomic mass is 19.1. The number of para-hydroxylation sites is 1. The maximum Gasteiger partial charge on any atom is 0.271 e. The van der Waals surface area contributed by atoms with Gasteiger partial charge < -0.3 is 9.74 Å². The van der Waals surface area contributed by atoms with E-state index >= 15 is 0 Å². The van der Waals surface area contributed by atoms with Gasteiger partial charge in [0.05, 0.1) is 5.71 Å². The van der Waals surface area contributed by atoms with Gasteiger partial charge in [0.2, 0.25) is 6.10 Å². The van der Waals surface area contributed by atoms with Crippen molar-refractivity contribution in [3.05, 3.63) is 65.5 Å². The van der Waals surface area contributed by atoms with Gasteiger partial charge in [-0.1, -0.05) is 41.6 Å². The number of fused-ring (bicyclic) bond motifs is 1. The number of amides is 1. The summed E-state index contributed by atoms with van der Waals surface area (Å²) < 4.78 is 13.9. The zero-order valence-corrected chi connectivity index (χ0v) is 13.1. The first kappa shape index (κ1) is 14.9. The molecule has 0 fully saturated rings. The number of carbonyl (C=O) groups is 1. The van der Waals surface area contributed by atoms with Crippen LogP contribution in [0.1, 0.15) is 24.0 Å². The number of rotatable bonds is 2. The number of aryl methyl sites for hydroxylation is 1. The van der Waals surface area contributed by atoms with Crippen LogP contribution in [0, 0.1) is 5.82 Å². The highest BCUT2D eigenvalue weighted by Gasteiger charge is 2.35. The standard InChI is InChI=1S/C19H17FN2O2/c20-15-9-3-2-8-14(15)16-12-18(24-21-16)19(23)22-11-5-7-13-6-1-4-10-17(13)22/h1-4,6,8-10,18H,5,7,11-12H2. The van der Waals surface area contributed by atoms with Crippen molar-refractivity contribution in [1.29, 1.82) is 0 Å². The molecule has 2 heterocycles. The van der Waals surface area contributed by atoms with Crippen LogP contribution in [0.3, 0.4) is 0 Å². The van der Waals surface area contributed by atoms with E-state index in [1.807, 2.05) is 24.3 Å². The SMILES string of the molecule is O=C(C1CC(c2ccccc2F)=NO1)N1CCCc2ccccc21. The summed E-state index contributed by atoms with van der Waals surface area (Å²) in [6, 6.07) is 14.3. The van der Waals surface area contributed by atoms with Gasteiger partial charge in [0.15, 0.2) is 0 Å². The molecule has 0 saturated heterocycles. The lowest BCUT2D eigenvalue weighted by atomic mass is 9.99. The maximum atomic E-state index is 13.9. The summed E-state index contributed by atoms with van der Waals surface area (Å²) in [7, 11) is 0. The molecule has 0 aliphatic carbocycles. The highest BCUT2D eigenvalue weighted by Crippen LogP contribution is 2.29. The summed E-state index contributed by atoms with van der Waals surface area (Å²) in [6.45, 7) is 0.671. The van der Waals surface area contributed by atoms with Crippen molar-refractivity contribution >= 4 is 17.3 Å². The highest BCUT2D eigenvalue weighted by molar-refractivity contribution is 6.07. The quantitative estimate of drug-likeness (QED) is 0.850. The molecule has 0 bridgehead atoms. The Hall–Kier alpha value is -2.69. The third-order valence-electron chi connectivity index (χ3n) is 4.51. The second-order valence-electron chi connectivity index (χ2n) is 6.04. The first-order valence-corrected chi connectivity index (χ1v) is 8.11. The predicted molar refractivity (Wildman–Crippen MR) is 89.5 cm³/mol. The number of hydrogen-bond donors (Lipinski definition) is 0. The Morgan fingerprint density at radius 3 is 2.83 bits per heavy atom. The zero-order valence-electron chi connectivity index (χ0n) is 13.1. The van der Waals surface area contributed by atoms with E-state index in [4.69, 9.17) is 4.84 Å². The number of hydrogen-bond acceptors (Lipinski definition) is 3. The van der Waals surface area contributed by atoms with E-state index in [0.29, 0.717) is 24.2 Å². The minimum atomic E-state index is -0.689. The van der Waals surface area contributed by atoms with Crippen molar-refractivity contribution in [2.45, 2.75) is 25.4 Å². The molecule has 1 atom stereocenters. The molecule has 24 heavy (non-hydrogen) atoms. The summed E-state index contributed by atoms with van der Waals surface area (Å²) in [5.74, 6) is -0.464. The van der Waals surface area contributed by atoms with Crippen molar-refractivity contribution in [2.24, 2.45) is 5.16 Å². The fraction of sp³-hybridized carbons (Fsp3) is 0.263. The molecule has 0 N–H and O–H groups in total. The number of halogens is 1. The van der Waals surface area contributed by atoms with Crippen LogP contribution in [0.15, 0.2) is 53.7 Å². The molecule has 2 aromatic rings. The van der Waals surface area contributed by atoms with Gasteiger partial charge in [0, 0.05) is 24.2 Å². The Morgan fingerprint density at radius 1 is 1.17 bits per heavy atom. The van der Waals surface area contributed by atoms with Crippen LogP contribution in [0.4, 0.5) is 10.1 Å². The smallest absolute Gasteiger partial charge is 0.271 e. The lowest BCUT2D eigenvalue weighted by molar-refractivity contribution is -0.128. The molecular formula is C19H17FN2O2. The van der Waals surface area contributed by atoms with Crippen molar-refractivity contribution in [3.63, 3.8) is 0 Å². The predicted octanol–water partition coefficient (Wildman–Crippen LogP) is 3.30. The van der Waals surface area contributed by atoms with Crippen LogP contribution < -0.4 is 4.90 Å². The van der Waals surface area contributed by atoms with Crippen LogP contribution >= 0.6 is 0 Å². The third-order valence-corrected chi connectivity index (χ3v) is 4.51. The maximum absolute atomic E-state index is 13.9. The minimum Gasteiger partial charge on any atom is -0.382 e. The fourth-order valence-electron chi connectivity index (χ4n) is 3.30. The second-order valence-corrected chi connectivity index (χ2v) is 6.04. The summed E-state index contributed by atoms with van der Waals surface area (Å²) in [5.41, 5.74) is 2.99. The van der Waals surface area contributed by atoms with Crippen LogP contribution in [-0.2, 0) is 16.1 Å². The van der Waals surface area contributed by atoms with Crippen molar-refractivity contribution < 1.29 is 14.0 Å². The first-order chi connectivity index (χ1) is 11.7. The zero-order chi connectivity index (χ0) is 16.5. The molecular weight excluding hydrogens is 307 g/mol. The molecule has 0 radical (unpaired) electrons. The average molecular weight is 324 g/mol. The van der Waals surface area contributed by atoms with Gasteiger partial charge in [-0.25, -0.2) is 4.39 Å². The Labute approximate surface area is 139 Å². The molecule has 1 unspecified atom stereocenters. The molecule has 0 aromatic heterocycles. The van der Waals surface area contributed by atoms with Gasteiger partial charge in [-0.2, -0.15) is 0 Å². The summed E-state index contributed by atoms with van der Waals surface area (Å²) in [4.78, 5) is 20.0. The summed E-state index contributed by atoms with van der Waals surface area (Å²) in [5, 5.41) is 3.95. The van der Waals surface area contributed by atoms with E-state index in [2.05, 4.69) is 5.16 Å². The molecule has 4 nitrogen and oxygen atoms in total. The summed E-state index contributed by atoms with van der Waals surface area (Å²) in [6.07, 6.45) is 1.50. The van der Waals surface area contributed by atoms with Crippen LogP contribution in [0.5, 0.6) is 0 Å². The van der Waals surface area contributed by atoms with Crippen molar-refractivity contribution in [3.8, 4) is 0 Å². The van der Waals surface area contributed by atoms with E-state index in [0.717, 1.165) is 18.5 Å². The van der Waals surface area contributed by atoms with E-state index in [1.165, 1.54) is 11.6 Å². The summed E-state index contributed by atoms with van der Waals surface area (Å²) >= 11 is 0. The van der Waals surface area contributed by atoms with Crippen molar-refractivity contribution in [2.75, 3.05) is 11.4 Å². The Bertz CT molecular complexity index is 819. The Balaban J connectivity index is 1.53. The van der Waals surface area contributed by atoms with Gasteiger partial charge in [-0.05, 0) is 30.5 Å². The molecule has 2 aliphatic rings. The van der Waals surface area contributed by atoms with Gasteiger partial charge in [0.1, 0.15) is 5.82 Å². The van der Waals surface area contributed by atoms with E-state index in [-0.39, 0.29) is 11.7 Å². The van der Waals surface area contributed by atoms with Crippen LogP contribution in [0.2, 0.25) is 0 Å². The molecule has 2 aliphatic heterocycles. The number of carbonyl (C=O) groups excluding carboxylic acids is 1. The number of nitrogens with zero attached hydrogens (tertiary/aromatic N) is 2. The van der Waals surface area contributed by atoms with Crippen molar-refractivity contribution in [1.82, 2.24) is 0 Å². The van der Waals surface area contributed by atoms with E-state index in [9.17, 15) is 9.18 Å². The fourth-order valence-corrected chi connectivity index (χ4v) is 3.30. The number of oxime groups is 1. The molecule has 5 heteroatoms. The topological polar surface area (TPSA) is 41.9 Å². The number of anilines is 1. The van der Waals surface area contributed by atoms with Crippen LogP contribution in [0.25, 0.3) is 0 Å². The lowest BCUT2D eigenvalue weighted by Crippen LogP contribution is -2.42. The van der Waals surface area contributed by atoms with Crippen LogP contribution in [-0.4, -0.2) is 24.3 Å². The van der Waals surface area contributed by atoms with Gasteiger partial charge in [-0.15, -0.1) is 0 Å². The molecule has 0 saturated carbocycles. The van der Waals surface area contributed by atoms with E-state index < -0.39 is 6.10 Å². The molecule has 4 rings (SSSR count). The average Bonchev–Trinajstić information content (AvgIpc) is 3.11. The monoisotopic (exact) mass is 324 g/mol. The van der Waals surface area contributed by atoms with Gasteiger partial charge in [0.25, 0.3) is 5.91 Å². The normalized spacial score (nSPS) is 19.5. The second kappa shape index (κ2) is 6.07. The first-order valence-electron chi connectivity index (χ1n) is 8.11. The molecule has 1 amide bonds. The number of benzene rings is 2. The van der Waals surface area contributed by atoms with Gasteiger partial charge >= 0.3 is 0 Å².